The van der Waals surface area contributed by atoms with Crippen LogP contribution in [-0.4, -0.2) is 28.8 Å². The number of anilines is 1. The van der Waals surface area contributed by atoms with Crippen molar-refractivity contribution in [2.24, 2.45) is 5.14 Å². The van der Waals surface area contributed by atoms with E-state index in [0.717, 1.165) is 36.3 Å². The van der Waals surface area contributed by atoms with Gasteiger partial charge in [-0.25, -0.2) is 19.1 Å². The molecule has 136 valence electrons. The third-order valence-corrected chi connectivity index (χ3v) is 4.69. The summed E-state index contributed by atoms with van der Waals surface area (Å²) in [5, 5.41) is 10.4. The Morgan fingerprint density at radius 2 is 2.20 bits per heavy atom. The van der Waals surface area contributed by atoms with E-state index in [1.165, 1.54) is 11.3 Å². The van der Waals surface area contributed by atoms with Crippen LogP contribution in [0.15, 0.2) is 29.6 Å². The van der Waals surface area contributed by atoms with E-state index in [1.54, 1.807) is 7.11 Å². The van der Waals surface area contributed by atoms with Gasteiger partial charge in [0.15, 0.2) is 16.3 Å². The van der Waals surface area contributed by atoms with Crippen molar-refractivity contribution in [3.63, 3.8) is 0 Å². The van der Waals surface area contributed by atoms with Crippen molar-refractivity contribution in [2.75, 3.05) is 19.0 Å². The van der Waals surface area contributed by atoms with Crippen LogP contribution in [0.5, 0.6) is 5.75 Å². The average Bonchev–Trinajstić information content (AvgIpc) is 3.06. The van der Waals surface area contributed by atoms with Gasteiger partial charge in [0.1, 0.15) is 5.75 Å². The van der Waals surface area contributed by atoms with E-state index < -0.39 is 11.2 Å². The number of rotatable bonds is 10. The number of carbonyl (C=O) groups excluding carboxylic acids is 1. The summed E-state index contributed by atoms with van der Waals surface area (Å²) in [6, 6.07) is 7.63. The normalized spacial score (nSPS) is 11.9. The first-order valence-electron chi connectivity index (χ1n) is 7.88. The average molecular weight is 383 g/mol. The van der Waals surface area contributed by atoms with Crippen molar-refractivity contribution < 1.29 is 13.7 Å². The van der Waals surface area contributed by atoms with Crippen LogP contribution in [0, 0.1) is 0 Å². The molecule has 0 aliphatic heterocycles. The van der Waals surface area contributed by atoms with Gasteiger partial charge in [-0.05, 0) is 25.0 Å². The fourth-order valence-corrected chi connectivity index (χ4v) is 3.27. The zero-order valence-corrected chi connectivity index (χ0v) is 15.6. The minimum atomic E-state index is -1.47. The van der Waals surface area contributed by atoms with E-state index in [4.69, 9.17) is 9.88 Å². The first-order chi connectivity index (χ1) is 12.1. The smallest absolute Gasteiger partial charge is 0.226 e. The highest BCUT2D eigenvalue weighted by molar-refractivity contribution is 7.80. The Morgan fingerprint density at radius 1 is 1.36 bits per heavy atom. The minimum Gasteiger partial charge on any atom is -0.497 e. The molecular weight excluding hydrogens is 360 g/mol. The van der Waals surface area contributed by atoms with Crippen molar-refractivity contribution >= 4 is 33.5 Å². The zero-order valence-electron chi connectivity index (χ0n) is 14.0. The number of nitrogens with zero attached hydrogens (tertiary/aromatic N) is 1. The van der Waals surface area contributed by atoms with E-state index >= 15 is 0 Å². The van der Waals surface area contributed by atoms with E-state index in [2.05, 4.69) is 15.0 Å². The van der Waals surface area contributed by atoms with E-state index in [0.29, 0.717) is 18.1 Å². The maximum Gasteiger partial charge on any atom is 0.226 e. The quantitative estimate of drug-likeness (QED) is 0.549. The number of hydrogen-bond acceptors (Lipinski definition) is 5. The topological polar surface area (TPSA) is 106 Å². The Bertz CT molecular complexity index is 721. The van der Waals surface area contributed by atoms with E-state index in [9.17, 15) is 9.00 Å². The molecule has 25 heavy (non-hydrogen) atoms. The number of hydrogen-bond donors (Lipinski definition) is 3. The molecule has 1 amide bonds. The number of amides is 1. The highest BCUT2D eigenvalue weighted by atomic mass is 32.2. The highest BCUT2D eigenvalue weighted by Crippen LogP contribution is 2.27. The maximum absolute atomic E-state index is 12.0. The molecule has 0 fully saturated rings. The molecule has 9 heteroatoms. The van der Waals surface area contributed by atoms with Gasteiger partial charge in [-0.15, -0.1) is 11.3 Å². The number of aromatic nitrogens is 1. The van der Waals surface area contributed by atoms with E-state index in [-0.39, 0.29) is 5.91 Å². The number of nitrogens with one attached hydrogen (secondary N) is 2. The largest absolute Gasteiger partial charge is 0.497 e. The van der Waals surface area contributed by atoms with Crippen LogP contribution in [-0.2, 0) is 16.0 Å². The van der Waals surface area contributed by atoms with Crippen LogP contribution < -0.4 is 19.9 Å². The molecule has 0 saturated heterocycles. The molecule has 2 rings (SSSR count). The molecule has 0 aliphatic rings. The summed E-state index contributed by atoms with van der Waals surface area (Å²) in [5.74, 6) is 0.714. The molecule has 1 atom stereocenters. The number of nitrogens with two attached hydrogens (primary N) is 1. The van der Waals surface area contributed by atoms with Crippen molar-refractivity contribution in [3.05, 3.63) is 29.6 Å². The van der Waals surface area contributed by atoms with Gasteiger partial charge in [-0.2, -0.15) is 0 Å². The summed E-state index contributed by atoms with van der Waals surface area (Å²) in [5.41, 5.74) is 1.75. The van der Waals surface area contributed by atoms with Gasteiger partial charge < -0.3 is 10.1 Å². The zero-order chi connectivity index (χ0) is 18.1. The molecule has 4 N–H and O–H groups in total. The molecule has 1 unspecified atom stereocenters. The van der Waals surface area contributed by atoms with E-state index in [1.807, 2.05) is 29.6 Å². The first-order valence-corrected chi connectivity index (χ1v) is 9.97. The summed E-state index contributed by atoms with van der Waals surface area (Å²) in [7, 11) is 1.62. The summed E-state index contributed by atoms with van der Waals surface area (Å²) < 4.78 is 18.5. The van der Waals surface area contributed by atoms with Crippen molar-refractivity contribution in [1.82, 2.24) is 9.71 Å². The molecule has 0 saturated carbocycles. The number of thiazole rings is 1. The van der Waals surface area contributed by atoms with Crippen molar-refractivity contribution in [1.29, 1.82) is 0 Å². The van der Waals surface area contributed by atoms with Crippen LogP contribution in [0.4, 0.5) is 5.13 Å². The van der Waals surface area contributed by atoms with Crippen LogP contribution in [0.2, 0.25) is 0 Å². The molecule has 0 spiro atoms. The standard InChI is InChI=1S/C16H22N4O3S2/c1-23-13-7-5-6-12(10-13)14-11-24-16(19-14)20-15(21)8-3-2-4-9-18-25(17)22/h5-7,10-11,18H,2-4,8-9,17H2,1H3,(H,19,20,21). The predicted molar refractivity (Wildman–Crippen MR) is 102 cm³/mol. The number of methoxy groups -OCH3 is 1. The predicted octanol–water partition coefficient (Wildman–Crippen LogP) is 2.44. The molecule has 0 bridgehead atoms. The van der Waals surface area contributed by atoms with Crippen LogP contribution in [0.1, 0.15) is 25.7 Å². The number of ether oxygens (including phenoxy) is 1. The molecular formula is C16H22N4O3S2. The molecule has 2 aromatic rings. The molecule has 7 nitrogen and oxygen atoms in total. The summed E-state index contributed by atoms with van der Waals surface area (Å²) >= 11 is -0.0710. The fourth-order valence-electron chi connectivity index (χ4n) is 2.19. The van der Waals surface area contributed by atoms with Gasteiger partial charge in [0.25, 0.3) is 0 Å². The number of carbonyl (C=O) groups is 1. The van der Waals surface area contributed by atoms with Gasteiger partial charge in [-0.3, -0.25) is 4.79 Å². The second-order valence-electron chi connectivity index (χ2n) is 5.32. The molecule has 1 heterocycles. The van der Waals surface area contributed by atoms with Crippen LogP contribution in [0.3, 0.4) is 0 Å². The third-order valence-electron chi connectivity index (χ3n) is 3.44. The molecule has 0 aliphatic carbocycles. The second-order valence-corrected chi connectivity index (χ2v) is 7.06. The summed E-state index contributed by atoms with van der Waals surface area (Å²) in [4.78, 5) is 16.4. The lowest BCUT2D eigenvalue weighted by Gasteiger charge is -2.03. The van der Waals surface area contributed by atoms with Crippen molar-refractivity contribution in [2.45, 2.75) is 25.7 Å². The minimum absolute atomic E-state index is 0.0538. The fraction of sp³-hybridized carbons (Fsp3) is 0.375. The van der Waals surface area contributed by atoms with Crippen LogP contribution in [0.25, 0.3) is 11.3 Å². The molecule has 1 aromatic carbocycles. The van der Waals surface area contributed by atoms with Gasteiger partial charge >= 0.3 is 0 Å². The van der Waals surface area contributed by atoms with Crippen molar-refractivity contribution in [3.8, 4) is 17.0 Å². The second kappa shape index (κ2) is 10.2. The Kier molecular flexibility index (Phi) is 7.99. The third kappa shape index (κ3) is 6.91. The summed E-state index contributed by atoms with van der Waals surface area (Å²) in [6.07, 6.45) is 2.89. The monoisotopic (exact) mass is 382 g/mol. The van der Waals surface area contributed by atoms with Crippen LogP contribution >= 0.6 is 11.3 Å². The highest BCUT2D eigenvalue weighted by Gasteiger charge is 2.08. The SMILES string of the molecule is COc1cccc(-c2csc(NC(=O)CCCCCNS(N)=O)n2)c1. The Labute approximate surface area is 153 Å². The molecule has 0 radical (unpaired) electrons. The Morgan fingerprint density at radius 3 is 2.96 bits per heavy atom. The lowest BCUT2D eigenvalue weighted by atomic mass is 10.2. The number of unbranched alkanes of at least 4 members (excludes halogenated alkanes) is 2. The van der Waals surface area contributed by atoms with Gasteiger partial charge in [0.05, 0.1) is 12.8 Å². The van der Waals surface area contributed by atoms with Gasteiger partial charge in [0.2, 0.25) is 5.91 Å². The first kappa shape index (κ1) is 19.5. The number of benzene rings is 1. The Hall–Kier alpha value is -1.81. The molecule has 1 aromatic heterocycles. The lowest BCUT2D eigenvalue weighted by molar-refractivity contribution is -0.116. The van der Waals surface area contributed by atoms with Gasteiger partial charge in [-0.1, -0.05) is 18.6 Å². The Balaban J connectivity index is 1.76. The van der Waals surface area contributed by atoms with Gasteiger partial charge in [0, 0.05) is 23.9 Å². The summed E-state index contributed by atoms with van der Waals surface area (Å²) in [6.45, 7) is 0.584. The maximum atomic E-state index is 12.0. The lowest BCUT2D eigenvalue weighted by Crippen LogP contribution is -2.24.